The number of thiazole rings is 1. The molecule has 0 spiro atoms. The lowest BCUT2D eigenvalue weighted by Crippen LogP contribution is -2.38. The van der Waals surface area contributed by atoms with Crippen LogP contribution in [0.2, 0.25) is 0 Å². The van der Waals surface area contributed by atoms with Crippen LogP contribution in [0.5, 0.6) is 0 Å². The molecule has 1 amide bonds. The minimum atomic E-state index is 0.135. The van der Waals surface area contributed by atoms with E-state index in [2.05, 4.69) is 19.9 Å². The molecule has 2 aromatic rings. The predicted molar refractivity (Wildman–Crippen MR) is 96.6 cm³/mol. The topological polar surface area (TPSA) is 63.1 Å². The Hall–Kier alpha value is -1.89. The van der Waals surface area contributed by atoms with Crippen molar-refractivity contribution in [1.29, 1.82) is 0 Å². The predicted octanol–water partition coefficient (Wildman–Crippen LogP) is 2.94. The second-order valence-electron chi connectivity index (χ2n) is 6.38. The molecule has 24 heavy (non-hydrogen) atoms. The van der Waals surface area contributed by atoms with Crippen molar-refractivity contribution in [2.45, 2.75) is 39.7 Å². The van der Waals surface area contributed by atoms with Crippen molar-refractivity contribution in [3.05, 3.63) is 28.8 Å². The van der Waals surface area contributed by atoms with Gasteiger partial charge in [0.1, 0.15) is 10.7 Å². The van der Waals surface area contributed by atoms with Crippen LogP contribution in [0.1, 0.15) is 40.5 Å². The first-order valence-electron chi connectivity index (χ1n) is 8.50. The number of aryl methyl sites for hydroxylation is 3. The maximum absolute atomic E-state index is 12.7. The standard InChI is InChI=1S/C17H25N5OS/c1-12-15(24-17(18-3)20-12)16(23)22-9-5-14(6-10-22)4-8-21-11-7-19-13(21)2/h7,11,14H,4-6,8-10H2,1-3H3,(H,18,20). The first-order valence-corrected chi connectivity index (χ1v) is 9.32. The number of carbonyl (C=O) groups is 1. The average Bonchev–Trinajstić information content (AvgIpc) is 3.18. The van der Waals surface area contributed by atoms with Crippen molar-refractivity contribution >= 4 is 22.4 Å². The molecule has 1 aliphatic rings. The molecule has 0 bridgehead atoms. The van der Waals surface area contributed by atoms with E-state index in [1.807, 2.05) is 38.2 Å². The summed E-state index contributed by atoms with van der Waals surface area (Å²) in [4.78, 5) is 24.1. The van der Waals surface area contributed by atoms with Crippen LogP contribution in [-0.4, -0.2) is 45.5 Å². The lowest BCUT2D eigenvalue weighted by Gasteiger charge is -2.32. The van der Waals surface area contributed by atoms with Gasteiger partial charge in [-0.25, -0.2) is 9.97 Å². The first-order chi connectivity index (χ1) is 11.6. The van der Waals surface area contributed by atoms with Gasteiger partial charge in [0.05, 0.1) is 5.69 Å². The summed E-state index contributed by atoms with van der Waals surface area (Å²) in [6.45, 7) is 6.66. The fraction of sp³-hybridized carbons (Fsp3) is 0.588. The summed E-state index contributed by atoms with van der Waals surface area (Å²) in [5.74, 6) is 1.89. The van der Waals surface area contributed by atoms with E-state index in [1.165, 1.54) is 11.3 Å². The molecule has 6 nitrogen and oxygen atoms in total. The van der Waals surface area contributed by atoms with E-state index in [9.17, 15) is 4.79 Å². The van der Waals surface area contributed by atoms with Gasteiger partial charge in [-0.15, -0.1) is 0 Å². The molecule has 0 aromatic carbocycles. The molecule has 2 aromatic heterocycles. The number of carbonyl (C=O) groups excluding carboxylic acids is 1. The Morgan fingerprint density at radius 2 is 2.12 bits per heavy atom. The Balaban J connectivity index is 1.52. The lowest BCUT2D eigenvalue weighted by atomic mass is 9.93. The molecule has 3 rings (SSSR count). The zero-order valence-corrected chi connectivity index (χ0v) is 15.4. The van der Waals surface area contributed by atoms with Crippen molar-refractivity contribution in [1.82, 2.24) is 19.4 Å². The van der Waals surface area contributed by atoms with Crippen molar-refractivity contribution in [2.75, 3.05) is 25.5 Å². The SMILES string of the molecule is CNc1nc(C)c(C(=O)N2CCC(CCn3ccnc3C)CC2)s1. The van der Waals surface area contributed by atoms with E-state index < -0.39 is 0 Å². The molecule has 1 fully saturated rings. The molecule has 1 saturated heterocycles. The molecule has 3 heterocycles. The molecule has 0 atom stereocenters. The highest BCUT2D eigenvalue weighted by atomic mass is 32.1. The summed E-state index contributed by atoms with van der Waals surface area (Å²) in [5, 5.41) is 3.82. The van der Waals surface area contributed by atoms with Crippen molar-refractivity contribution in [2.24, 2.45) is 5.92 Å². The molecule has 7 heteroatoms. The maximum atomic E-state index is 12.7. The highest BCUT2D eigenvalue weighted by Gasteiger charge is 2.26. The Morgan fingerprint density at radius 1 is 1.38 bits per heavy atom. The Kier molecular flexibility index (Phi) is 5.18. The number of nitrogens with one attached hydrogen (secondary N) is 1. The molecule has 0 saturated carbocycles. The minimum absolute atomic E-state index is 0.135. The van der Waals surface area contributed by atoms with E-state index in [0.717, 1.165) is 60.4 Å². The first kappa shape index (κ1) is 17.0. The molecular formula is C17H25N5OS. The largest absolute Gasteiger partial charge is 0.365 e. The summed E-state index contributed by atoms with van der Waals surface area (Å²) >= 11 is 1.45. The second-order valence-corrected chi connectivity index (χ2v) is 7.37. The monoisotopic (exact) mass is 347 g/mol. The van der Waals surface area contributed by atoms with Gasteiger partial charge >= 0.3 is 0 Å². The van der Waals surface area contributed by atoms with Gasteiger partial charge in [-0.1, -0.05) is 11.3 Å². The van der Waals surface area contributed by atoms with E-state index in [1.54, 1.807) is 0 Å². The third kappa shape index (κ3) is 3.61. The Bertz CT molecular complexity index is 700. The number of hydrogen-bond acceptors (Lipinski definition) is 5. The maximum Gasteiger partial charge on any atom is 0.265 e. The lowest BCUT2D eigenvalue weighted by molar-refractivity contribution is 0.0689. The number of rotatable bonds is 5. The van der Waals surface area contributed by atoms with Crippen LogP contribution < -0.4 is 5.32 Å². The zero-order valence-electron chi connectivity index (χ0n) is 14.6. The van der Waals surface area contributed by atoms with Crippen LogP contribution in [0.4, 0.5) is 5.13 Å². The molecule has 130 valence electrons. The van der Waals surface area contributed by atoms with E-state index in [4.69, 9.17) is 0 Å². The molecule has 1 N–H and O–H groups in total. The molecular weight excluding hydrogens is 322 g/mol. The van der Waals surface area contributed by atoms with E-state index in [-0.39, 0.29) is 5.91 Å². The van der Waals surface area contributed by atoms with Crippen molar-refractivity contribution in [3.8, 4) is 0 Å². The van der Waals surface area contributed by atoms with Crippen LogP contribution in [0.25, 0.3) is 0 Å². The Labute approximate surface area is 146 Å². The van der Waals surface area contributed by atoms with Gasteiger partial charge < -0.3 is 14.8 Å². The van der Waals surface area contributed by atoms with Gasteiger partial charge in [0.2, 0.25) is 0 Å². The van der Waals surface area contributed by atoms with Crippen molar-refractivity contribution in [3.63, 3.8) is 0 Å². The fourth-order valence-electron chi connectivity index (χ4n) is 3.23. The number of piperidine rings is 1. The number of aromatic nitrogens is 3. The summed E-state index contributed by atoms with van der Waals surface area (Å²) < 4.78 is 2.21. The fourth-order valence-corrected chi connectivity index (χ4v) is 4.12. The molecule has 0 unspecified atom stereocenters. The number of imidazole rings is 1. The summed E-state index contributed by atoms with van der Waals surface area (Å²) in [6.07, 6.45) is 7.21. The minimum Gasteiger partial charge on any atom is -0.365 e. The Morgan fingerprint density at radius 3 is 2.71 bits per heavy atom. The zero-order chi connectivity index (χ0) is 17.1. The van der Waals surface area contributed by atoms with Gasteiger partial charge in [0.25, 0.3) is 5.91 Å². The molecule has 0 radical (unpaired) electrons. The number of likely N-dealkylation sites (tertiary alicyclic amines) is 1. The number of nitrogens with zero attached hydrogens (tertiary/aromatic N) is 4. The highest BCUT2D eigenvalue weighted by Crippen LogP contribution is 2.27. The van der Waals surface area contributed by atoms with Gasteiger partial charge in [0.15, 0.2) is 5.13 Å². The van der Waals surface area contributed by atoms with Gasteiger partial charge in [-0.2, -0.15) is 0 Å². The third-order valence-corrected chi connectivity index (χ3v) is 5.97. The van der Waals surface area contributed by atoms with Crippen LogP contribution in [0, 0.1) is 19.8 Å². The quantitative estimate of drug-likeness (QED) is 0.903. The highest BCUT2D eigenvalue weighted by molar-refractivity contribution is 7.17. The smallest absolute Gasteiger partial charge is 0.265 e. The number of amides is 1. The van der Waals surface area contributed by atoms with Crippen LogP contribution >= 0.6 is 11.3 Å². The van der Waals surface area contributed by atoms with Gasteiger partial charge in [0, 0.05) is 39.1 Å². The number of hydrogen-bond donors (Lipinski definition) is 1. The second kappa shape index (κ2) is 7.34. The van der Waals surface area contributed by atoms with E-state index in [0.29, 0.717) is 5.92 Å². The van der Waals surface area contributed by atoms with Crippen LogP contribution in [0.15, 0.2) is 12.4 Å². The number of anilines is 1. The van der Waals surface area contributed by atoms with Crippen LogP contribution in [-0.2, 0) is 6.54 Å². The average molecular weight is 347 g/mol. The summed E-state index contributed by atoms with van der Waals surface area (Å²) in [7, 11) is 1.83. The summed E-state index contributed by atoms with van der Waals surface area (Å²) in [5.41, 5.74) is 0.826. The normalized spacial score (nSPS) is 15.7. The van der Waals surface area contributed by atoms with E-state index >= 15 is 0 Å². The van der Waals surface area contributed by atoms with Crippen LogP contribution in [0.3, 0.4) is 0 Å². The van der Waals surface area contributed by atoms with Gasteiger partial charge in [-0.05, 0) is 39.0 Å². The summed E-state index contributed by atoms with van der Waals surface area (Å²) in [6, 6.07) is 0. The van der Waals surface area contributed by atoms with Gasteiger partial charge in [-0.3, -0.25) is 4.79 Å². The molecule has 0 aliphatic carbocycles. The third-order valence-electron chi connectivity index (χ3n) is 4.81. The van der Waals surface area contributed by atoms with Crippen molar-refractivity contribution < 1.29 is 4.79 Å². The molecule has 1 aliphatic heterocycles.